The monoisotopic (exact) mass is 257 g/mol. The highest BCUT2D eigenvalue weighted by Crippen LogP contribution is 2.19. The van der Waals surface area contributed by atoms with E-state index in [1.54, 1.807) is 19.2 Å². The Morgan fingerprint density at radius 3 is 2.59 bits per heavy atom. The first kappa shape index (κ1) is 13.9. The van der Waals surface area contributed by atoms with Crippen molar-refractivity contribution in [2.45, 2.75) is 38.5 Å². The van der Waals surface area contributed by atoms with E-state index in [1.807, 2.05) is 6.92 Å². The molecule has 0 spiro atoms. The van der Waals surface area contributed by atoms with Crippen LogP contribution >= 0.6 is 0 Å². The maximum absolute atomic E-state index is 11.4. The molecule has 1 unspecified atom stereocenters. The lowest BCUT2D eigenvalue weighted by atomic mass is 10.3. The summed E-state index contributed by atoms with van der Waals surface area (Å²) < 4.78 is 22.9. The van der Waals surface area contributed by atoms with Crippen LogP contribution in [-0.2, 0) is 9.84 Å². The third-order valence-corrected chi connectivity index (χ3v) is 4.25. The molecule has 1 heterocycles. The van der Waals surface area contributed by atoms with Gasteiger partial charge in [0, 0.05) is 18.5 Å². The molecule has 96 valence electrons. The minimum atomic E-state index is -3.12. The lowest BCUT2D eigenvalue weighted by Crippen LogP contribution is -2.17. The van der Waals surface area contributed by atoms with Gasteiger partial charge in [-0.15, -0.1) is 0 Å². The first-order valence-electron chi connectivity index (χ1n) is 5.63. The Bertz CT molecular complexity index is 473. The molecule has 17 heavy (non-hydrogen) atoms. The number of nitrogens with zero attached hydrogens (tertiary/aromatic N) is 2. The largest absolute Gasteiger partial charge is 0.352 e. The number of rotatable bonds is 5. The predicted molar refractivity (Wildman–Crippen MR) is 68.7 cm³/mol. The summed E-state index contributed by atoms with van der Waals surface area (Å²) in [6.45, 7) is 5.71. The highest BCUT2D eigenvalue weighted by atomic mass is 32.2. The third kappa shape index (κ3) is 3.96. The SMILES string of the molecule is CC[C@H](C)Nc1nccc(C(C)S(C)(=O)=O)n1. The van der Waals surface area contributed by atoms with Gasteiger partial charge in [0.25, 0.3) is 0 Å². The van der Waals surface area contributed by atoms with Gasteiger partial charge in [0.2, 0.25) is 5.95 Å². The number of anilines is 1. The quantitative estimate of drug-likeness (QED) is 0.870. The zero-order chi connectivity index (χ0) is 13.1. The van der Waals surface area contributed by atoms with Gasteiger partial charge in [0.05, 0.1) is 5.69 Å². The molecule has 0 aliphatic rings. The smallest absolute Gasteiger partial charge is 0.223 e. The lowest BCUT2D eigenvalue weighted by molar-refractivity contribution is 0.591. The van der Waals surface area contributed by atoms with E-state index in [1.165, 1.54) is 6.26 Å². The standard InChI is InChI=1S/C11H19N3O2S/c1-5-8(2)13-11-12-7-6-10(14-11)9(3)17(4,15)16/h6-9H,5H2,1-4H3,(H,12,13,14)/t8-,9?/m0/s1. The number of sulfone groups is 1. The summed E-state index contributed by atoms with van der Waals surface area (Å²) in [6.07, 6.45) is 3.74. The molecule has 5 nitrogen and oxygen atoms in total. The summed E-state index contributed by atoms with van der Waals surface area (Å²) in [7, 11) is -3.12. The fraction of sp³-hybridized carbons (Fsp3) is 0.636. The van der Waals surface area contributed by atoms with Crippen molar-refractivity contribution in [2.75, 3.05) is 11.6 Å². The number of nitrogens with one attached hydrogen (secondary N) is 1. The second-order valence-corrected chi connectivity index (χ2v) is 6.60. The Labute approximate surface area is 103 Å². The Balaban J connectivity index is 2.93. The lowest BCUT2D eigenvalue weighted by Gasteiger charge is -2.13. The molecule has 0 amide bonds. The first-order valence-corrected chi connectivity index (χ1v) is 7.58. The van der Waals surface area contributed by atoms with Gasteiger partial charge in [-0.3, -0.25) is 0 Å². The molecule has 2 atom stereocenters. The van der Waals surface area contributed by atoms with Crippen LogP contribution in [0.15, 0.2) is 12.3 Å². The zero-order valence-corrected chi connectivity index (χ0v) is 11.5. The Morgan fingerprint density at radius 1 is 1.41 bits per heavy atom. The van der Waals surface area contributed by atoms with E-state index in [9.17, 15) is 8.42 Å². The van der Waals surface area contributed by atoms with Crippen LogP contribution in [0.3, 0.4) is 0 Å². The maximum Gasteiger partial charge on any atom is 0.223 e. The van der Waals surface area contributed by atoms with Crippen LogP contribution in [0.5, 0.6) is 0 Å². The maximum atomic E-state index is 11.4. The van der Waals surface area contributed by atoms with Crippen LogP contribution in [0.2, 0.25) is 0 Å². The molecular weight excluding hydrogens is 238 g/mol. The molecule has 0 saturated carbocycles. The molecule has 1 aromatic rings. The van der Waals surface area contributed by atoms with Crippen molar-refractivity contribution >= 4 is 15.8 Å². The normalized spacial score (nSPS) is 15.3. The fourth-order valence-electron chi connectivity index (χ4n) is 1.21. The molecular formula is C11H19N3O2S. The summed E-state index contributed by atoms with van der Waals surface area (Å²) >= 11 is 0. The van der Waals surface area contributed by atoms with Crippen molar-refractivity contribution < 1.29 is 8.42 Å². The highest BCUT2D eigenvalue weighted by molar-refractivity contribution is 7.90. The summed E-state index contributed by atoms with van der Waals surface area (Å²) in [5, 5.41) is 2.51. The molecule has 0 fully saturated rings. The predicted octanol–water partition coefficient (Wildman–Crippen LogP) is 1.79. The van der Waals surface area contributed by atoms with Crippen LogP contribution in [0.25, 0.3) is 0 Å². The molecule has 1 rings (SSSR count). The Hall–Kier alpha value is -1.17. The molecule has 0 aromatic carbocycles. The van der Waals surface area contributed by atoms with E-state index in [-0.39, 0.29) is 6.04 Å². The molecule has 1 aromatic heterocycles. The average Bonchev–Trinajstić information content (AvgIpc) is 2.27. The van der Waals surface area contributed by atoms with Crippen molar-refractivity contribution in [3.63, 3.8) is 0 Å². The highest BCUT2D eigenvalue weighted by Gasteiger charge is 2.19. The minimum Gasteiger partial charge on any atom is -0.352 e. The number of hydrogen-bond acceptors (Lipinski definition) is 5. The molecule has 1 N–H and O–H groups in total. The van der Waals surface area contributed by atoms with Crippen LogP contribution < -0.4 is 5.32 Å². The van der Waals surface area contributed by atoms with Crippen molar-refractivity contribution in [3.05, 3.63) is 18.0 Å². The van der Waals surface area contributed by atoms with Gasteiger partial charge in [-0.25, -0.2) is 18.4 Å². The van der Waals surface area contributed by atoms with Crippen molar-refractivity contribution in [1.29, 1.82) is 0 Å². The average molecular weight is 257 g/mol. The van der Waals surface area contributed by atoms with E-state index < -0.39 is 15.1 Å². The van der Waals surface area contributed by atoms with Crippen molar-refractivity contribution in [1.82, 2.24) is 9.97 Å². The van der Waals surface area contributed by atoms with Gasteiger partial charge < -0.3 is 5.32 Å². The van der Waals surface area contributed by atoms with Gasteiger partial charge in [-0.05, 0) is 26.3 Å². The molecule has 6 heteroatoms. The molecule has 0 radical (unpaired) electrons. The second-order valence-electron chi connectivity index (χ2n) is 4.23. The van der Waals surface area contributed by atoms with Gasteiger partial charge in [-0.1, -0.05) is 6.92 Å². The first-order chi connectivity index (χ1) is 7.84. The number of hydrogen-bond donors (Lipinski definition) is 1. The van der Waals surface area contributed by atoms with Crippen molar-refractivity contribution in [2.24, 2.45) is 0 Å². The number of aromatic nitrogens is 2. The zero-order valence-electron chi connectivity index (χ0n) is 10.6. The van der Waals surface area contributed by atoms with Crippen LogP contribution in [0.1, 0.15) is 38.1 Å². The van der Waals surface area contributed by atoms with E-state index >= 15 is 0 Å². The van der Waals surface area contributed by atoms with Crippen LogP contribution in [-0.4, -0.2) is 30.7 Å². The van der Waals surface area contributed by atoms with E-state index in [0.29, 0.717) is 11.6 Å². The Morgan fingerprint density at radius 2 is 2.06 bits per heavy atom. The van der Waals surface area contributed by atoms with Crippen LogP contribution in [0, 0.1) is 0 Å². The van der Waals surface area contributed by atoms with Crippen LogP contribution in [0.4, 0.5) is 5.95 Å². The second kappa shape index (κ2) is 5.44. The Kier molecular flexibility index (Phi) is 4.45. The molecule has 0 aliphatic carbocycles. The van der Waals surface area contributed by atoms with E-state index in [0.717, 1.165) is 6.42 Å². The summed E-state index contributed by atoms with van der Waals surface area (Å²) in [6, 6.07) is 1.90. The molecule has 0 saturated heterocycles. The van der Waals surface area contributed by atoms with E-state index in [4.69, 9.17) is 0 Å². The molecule has 0 aliphatic heterocycles. The van der Waals surface area contributed by atoms with E-state index in [2.05, 4.69) is 22.2 Å². The van der Waals surface area contributed by atoms with Gasteiger partial charge in [0.15, 0.2) is 9.84 Å². The summed E-state index contributed by atoms with van der Waals surface area (Å²) in [5.74, 6) is 0.479. The van der Waals surface area contributed by atoms with Crippen molar-refractivity contribution in [3.8, 4) is 0 Å². The summed E-state index contributed by atoms with van der Waals surface area (Å²) in [5.41, 5.74) is 0.522. The van der Waals surface area contributed by atoms with Gasteiger partial charge in [-0.2, -0.15) is 0 Å². The minimum absolute atomic E-state index is 0.263. The summed E-state index contributed by atoms with van der Waals surface area (Å²) in [4.78, 5) is 8.30. The third-order valence-electron chi connectivity index (χ3n) is 2.72. The topological polar surface area (TPSA) is 72.0 Å². The molecule has 0 bridgehead atoms. The fourth-order valence-corrected chi connectivity index (χ4v) is 1.78. The van der Waals surface area contributed by atoms with Gasteiger partial charge >= 0.3 is 0 Å². The van der Waals surface area contributed by atoms with Gasteiger partial charge in [0.1, 0.15) is 5.25 Å².